The van der Waals surface area contributed by atoms with Gasteiger partial charge in [-0.05, 0) is 42.0 Å². The molecule has 0 saturated heterocycles. The van der Waals surface area contributed by atoms with Gasteiger partial charge in [0.1, 0.15) is 0 Å². The van der Waals surface area contributed by atoms with E-state index in [1.165, 1.54) is 29.3 Å². The van der Waals surface area contributed by atoms with Crippen molar-refractivity contribution in [1.82, 2.24) is 4.57 Å². The monoisotopic (exact) mass is 214 g/mol. The molecule has 1 saturated carbocycles. The maximum atomic E-state index is 6.47. The van der Waals surface area contributed by atoms with Gasteiger partial charge in [0.15, 0.2) is 0 Å². The Balaban J connectivity index is 2.11. The Kier molecular flexibility index (Phi) is 2.08. The number of fused-ring (bicyclic) bond motifs is 1. The molecule has 0 atom stereocenters. The van der Waals surface area contributed by atoms with E-state index >= 15 is 0 Å². The number of rotatable bonds is 1. The molecule has 1 aromatic heterocycles. The Hall–Kier alpha value is -1.28. The summed E-state index contributed by atoms with van der Waals surface area (Å²) < 4.78 is 2.15. The van der Waals surface area contributed by atoms with Crippen molar-refractivity contribution in [3.8, 4) is 0 Å². The highest BCUT2D eigenvalue weighted by Crippen LogP contribution is 2.37. The Morgan fingerprint density at radius 2 is 1.94 bits per heavy atom. The van der Waals surface area contributed by atoms with Crippen molar-refractivity contribution in [3.63, 3.8) is 0 Å². The molecule has 16 heavy (non-hydrogen) atoms. The second-order valence-corrected chi connectivity index (χ2v) is 5.06. The van der Waals surface area contributed by atoms with Crippen LogP contribution in [0.5, 0.6) is 0 Å². The number of hydrogen-bond acceptors (Lipinski definition) is 1. The van der Waals surface area contributed by atoms with Crippen molar-refractivity contribution < 1.29 is 0 Å². The van der Waals surface area contributed by atoms with Gasteiger partial charge in [-0.3, -0.25) is 0 Å². The highest BCUT2D eigenvalue weighted by atomic mass is 14.9. The fourth-order valence-electron chi connectivity index (χ4n) is 2.89. The number of nitrogens with two attached hydrogens (primary N) is 1. The lowest BCUT2D eigenvalue weighted by Crippen LogP contribution is -2.32. The van der Waals surface area contributed by atoms with Crippen LogP contribution in [0.2, 0.25) is 0 Å². The molecule has 0 radical (unpaired) electrons. The zero-order valence-corrected chi connectivity index (χ0v) is 9.74. The van der Waals surface area contributed by atoms with Gasteiger partial charge in [-0.1, -0.05) is 18.9 Å². The van der Waals surface area contributed by atoms with Crippen molar-refractivity contribution in [2.45, 2.75) is 31.2 Å². The molecule has 0 amide bonds. The van der Waals surface area contributed by atoms with Crippen LogP contribution >= 0.6 is 0 Å². The van der Waals surface area contributed by atoms with Gasteiger partial charge in [0.05, 0.1) is 0 Å². The van der Waals surface area contributed by atoms with Gasteiger partial charge in [0.2, 0.25) is 0 Å². The molecule has 0 aliphatic heterocycles. The molecule has 0 unspecified atom stereocenters. The minimum absolute atomic E-state index is 0.0654. The minimum atomic E-state index is -0.0654. The van der Waals surface area contributed by atoms with Crippen LogP contribution in [0.1, 0.15) is 31.2 Å². The normalized spacial score (nSPS) is 19.4. The molecule has 1 aliphatic carbocycles. The third-order valence-corrected chi connectivity index (χ3v) is 3.96. The molecular weight excluding hydrogens is 196 g/mol. The number of aryl methyl sites for hydroxylation is 1. The van der Waals surface area contributed by atoms with E-state index in [2.05, 4.69) is 42.1 Å². The quantitative estimate of drug-likeness (QED) is 0.777. The van der Waals surface area contributed by atoms with E-state index in [0.29, 0.717) is 0 Å². The summed E-state index contributed by atoms with van der Waals surface area (Å²) in [5.74, 6) is 0. The van der Waals surface area contributed by atoms with E-state index in [-0.39, 0.29) is 5.54 Å². The number of nitrogens with zero attached hydrogens (tertiary/aromatic N) is 1. The highest BCUT2D eigenvalue weighted by molar-refractivity contribution is 5.81. The Morgan fingerprint density at radius 1 is 1.19 bits per heavy atom. The van der Waals surface area contributed by atoms with E-state index in [9.17, 15) is 0 Å². The summed E-state index contributed by atoms with van der Waals surface area (Å²) in [5.41, 5.74) is 9.00. The maximum absolute atomic E-state index is 6.47. The standard InChI is InChI=1S/C14H18N2/c1-16-9-6-11-10-12(4-5-13(11)16)14(15)7-2-3-8-14/h4-6,9-10H,2-3,7-8,15H2,1H3. The molecule has 2 aromatic rings. The van der Waals surface area contributed by atoms with Crippen molar-refractivity contribution in [2.75, 3.05) is 0 Å². The number of benzene rings is 1. The van der Waals surface area contributed by atoms with E-state index in [1.54, 1.807) is 0 Å². The van der Waals surface area contributed by atoms with Crippen LogP contribution in [0.3, 0.4) is 0 Å². The summed E-state index contributed by atoms with van der Waals surface area (Å²) in [4.78, 5) is 0. The van der Waals surface area contributed by atoms with Crippen molar-refractivity contribution >= 4 is 10.9 Å². The zero-order valence-electron chi connectivity index (χ0n) is 9.74. The van der Waals surface area contributed by atoms with Crippen LogP contribution in [0.15, 0.2) is 30.5 Å². The van der Waals surface area contributed by atoms with Crippen molar-refractivity contribution in [2.24, 2.45) is 12.8 Å². The Labute approximate surface area is 96.1 Å². The predicted octanol–water partition coefficient (Wildman–Crippen LogP) is 2.91. The van der Waals surface area contributed by atoms with Crippen molar-refractivity contribution in [1.29, 1.82) is 0 Å². The molecule has 1 heterocycles. The minimum Gasteiger partial charge on any atom is -0.351 e. The first-order valence-corrected chi connectivity index (χ1v) is 6.03. The number of aromatic nitrogens is 1. The predicted molar refractivity (Wildman–Crippen MR) is 67.3 cm³/mol. The van der Waals surface area contributed by atoms with Gasteiger partial charge >= 0.3 is 0 Å². The third kappa shape index (κ3) is 1.37. The second kappa shape index (κ2) is 3.36. The van der Waals surface area contributed by atoms with Gasteiger partial charge in [0.25, 0.3) is 0 Å². The molecular formula is C14H18N2. The molecule has 2 heteroatoms. The first-order valence-electron chi connectivity index (χ1n) is 6.03. The van der Waals surface area contributed by atoms with Crippen molar-refractivity contribution in [3.05, 3.63) is 36.0 Å². The smallest absolute Gasteiger partial charge is 0.0477 e. The average molecular weight is 214 g/mol. The first-order chi connectivity index (χ1) is 7.69. The highest BCUT2D eigenvalue weighted by Gasteiger charge is 2.31. The van der Waals surface area contributed by atoms with Crippen LogP contribution in [0.4, 0.5) is 0 Å². The van der Waals surface area contributed by atoms with E-state index in [4.69, 9.17) is 5.73 Å². The fraction of sp³-hybridized carbons (Fsp3) is 0.429. The third-order valence-electron chi connectivity index (χ3n) is 3.96. The van der Waals surface area contributed by atoms with E-state index < -0.39 is 0 Å². The van der Waals surface area contributed by atoms with Crippen LogP contribution < -0.4 is 5.73 Å². The summed E-state index contributed by atoms with van der Waals surface area (Å²) >= 11 is 0. The Bertz CT molecular complexity index is 519. The summed E-state index contributed by atoms with van der Waals surface area (Å²) in [6, 6.07) is 8.82. The SMILES string of the molecule is Cn1ccc2cc(C3(N)CCCC3)ccc21. The lowest BCUT2D eigenvalue weighted by Gasteiger charge is -2.24. The van der Waals surface area contributed by atoms with Crippen LogP contribution in [-0.4, -0.2) is 4.57 Å². The molecule has 0 bridgehead atoms. The van der Waals surface area contributed by atoms with Crippen LogP contribution in [-0.2, 0) is 12.6 Å². The topological polar surface area (TPSA) is 30.9 Å². The molecule has 1 aromatic carbocycles. The summed E-state index contributed by atoms with van der Waals surface area (Å²) in [6.07, 6.45) is 6.90. The molecule has 1 aliphatic rings. The van der Waals surface area contributed by atoms with E-state index in [0.717, 1.165) is 12.8 Å². The summed E-state index contributed by atoms with van der Waals surface area (Å²) in [6.45, 7) is 0. The Morgan fingerprint density at radius 3 is 2.69 bits per heavy atom. The van der Waals surface area contributed by atoms with Crippen LogP contribution in [0.25, 0.3) is 10.9 Å². The fourth-order valence-corrected chi connectivity index (χ4v) is 2.89. The zero-order chi connectivity index (χ0) is 11.2. The second-order valence-electron chi connectivity index (χ2n) is 5.06. The molecule has 1 fully saturated rings. The maximum Gasteiger partial charge on any atom is 0.0477 e. The first kappa shape index (κ1) is 9.91. The molecule has 2 nitrogen and oxygen atoms in total. The van der Waals surface area contributed by atoms with Gasteiger partial charge in [-0.2, -0.15) is 0 Å². The number of hydrogen-bond donors (Lipinski definition) is 1. The van der Waals surface area contributed by atoms with E-state index in [1.807, 2.05) is 0 Å². The summed E-state index contributed by atoms with van der Waals surface area (Å²) in [5, 5.41) is 1.30. The molecule has 84 valence electrons. The lowest BCUT2D eigenvalue weighted by atomic mass is 9.89. The van der Waals surface area contributed by atoms with Crippen LogP contribution in [0, 0.1) is 0 Å². The van der Waals surface area contributed by atoms with Gasteiger partial charge in [0, 0.05) is 24.3 Å². The van der Waals surface area contributed by atoms with Gasteiger partial charge in [-0.25, -0.2) is 0 Å². The largest absolute Gasteiger partial charge is 0.351 e. The average Bonchev–Trinajstić information content (AvgIpc) is 2.87. The lowest BCUT2D eigenvalue weighted by molar-refractivity contribution is 0.462. The van der Waals surface area contributed by atoms with Gasteiger partial charge < -0.3 is 10.3 Å². The summed E-state index contributed by atoms with van der Waals surface area (Å²) in [7, 11) is 2.08. The molecule has 3 rings (SSSR count). The molecule has 2 N–H and O–H groups in total. The van der Waals surface area contributed by atoms with Gasteiger partial charge in [-0.15, -0.1) is 0 Å². The molecule has 0 spiro atoms.